The number of aromatic amines is 1. The van der Waals surface area contributed by atoms with Crippen LogP contribution in [0.5, 0.6) is 23.0 Å². The number of pyridine rings is 1. The number of fused-ring (bicyclic) bond motifs is 1. The number of esters is 1. The molecule has 38 heavy (non-hydrogen) atoms. The molecule has 200 valence electrons. The third-order valence-electron chi connectivity index (χ3n) is 5.89. The standard InChI is InChI=1S/C26H24Cl2N2O8/c1-3-36-26(34)16-11-30-25(33)22(23(16)32)15(14-7-19(35-2)24-20(8-14)37-12-38-24)9-21(31)29-10-13-4-5-17(27)18(28)6-13/h4-8,11,15H,3,9-10,12H2,1-2H3,(H,29,31)(H2,30,32,33)/t15-/m1/s1. The summed E-state index contributed by atoms with van der Waals surface area (Å²) in [7, 11) is 1.44. The molecule has 0 saturated carbocycles. The van der Waals surface area contributed by atoms with E-state index in [0.29, 0.717) is 38.4 Å². The van der Waals surface area contributed by atoms with Gasteiger partial charge in [0.15, 0.2) is 11.5 Å². The Balaban J connectivity index is 1.73. The number of carbonyl (C=O) groups excluding carboxylic acids is 2. The van der Waals surface area contributed by atoms with Crippen LogP contribution in [0.3, 0.4) is 0 Å². The molecule has 0 bridgehead atoms. The number of carbonyl (C=O) groups is 2. The van der Waals surface area contributed by atoms with Crippen LogP contribution in [0.4, 0.5) is 0 Å². The van der Waals surface area contributed by atoms with Crippen molar-refractivity contribution < 1.29 is 33.6 Å². The summed E-state index contributed by atoms with van der Waals surface area (Å²) < 4.78 is 21.4. The molecule has 0 spiro atoms. The Labute approximate surface area is 227 Å². The number of aromatic nitrogens is 1. The van der Waals surface area contributed by atoms with Crippen molar-refractivity contribution in [2.24, 2.45) is 0 Å². The highest BCUT2D eigenvalue weighted by Crippen LogP contribution is 2.45. The number of amides is 1. The minimum atomic E-state index is -1.01. The van der Waals surface area contributed by atoms with Gasteiger partial charge >= 0.3 is 5.97 Å². The van der Waals surface area contributed by atoms with Gasteiger partial charge in [-0.1, -0.05) is 29.3 Å². The second-order valence-electron chi connectivity index (χ2n) is 8.25. The van der Waals surface area contributed by atoms with Crippen LogP contribution in [-0.2, 0) is 16.1 Å². The van der Waals surface area contributed by atoms with Crippen molar-refractivity contribution in [2.45, 2.75) is 25.8 Å². The molecule has 0 unspecified atom stereocenters. The molecule has 0 saturated heterocycles. The van der Waals surface area contributed by atoms with Crippen molar-refractivity contribution in [3.8, 4) is 23.0 Å². The average Bonchev–Trinajstić information content (AvgIpc) is 3.37. The Kier molecular flexibility index (Phi) is 8.33. The van der Waals surface area contributed by atoms with Gasteiger partial charge in [-0.15, -0.1) is 0 Å². The molecule has 3 aromatic rings. The lowest BCUT2D eigenvalue weighted by Crippen LogP contribution is -2.27. The maximum absolute atomic E-state index is 13.1. The number of halogens is 2. The highest BCUT2D eigenvalue weighted by molar-refractivity contribution is 6.42. The van der Waals surface area contributed by atoms with Crippen LogP contribution in [0.2, 0.25) is 10.0 Å². The summed E-state index contributed by atoms with van der Waals surface area (Å²) in [6.45, 7) is 1.78. The van der Waals surface area contributed by atoms with Gasteiger partial charge in [0.25, 0.3) is 5.56 Å². The van der Waals surface area contributed by atoms with E-state index in [-0.39, 0.29) is 37.5 Å². The molecule has 0 fully saturated rings. The molecular formula is C26H24Cl2N2O8. The quantitative estimate of drug-likeness (QED) is 0.331. The SMILES string of the molecule is CCOC(=O)c1c[nH]c(=O)c([C@H](CC(=O)NCc2ccc(Cl)c(Cl)c2)c2cc(OC)c3c(c2)OCO3)c1O. The van der Waals surface area contributed by atoms with Gasteiger partial charge in [-0.05, 0) is 42.3 Å². The highest BCUT2D eigenvalue weighted by atomic mass is 35.5. The molecular weight excluding hydrogens is 539 g/mol. The minimum absolute atomic E-state index is 0.0336. The monoisotopic (exact) mass is 562 g/mol. The molecule has 2 aromatic carbocycles. The van der Waals surface area contributed by atoms with Gasteiger partial charge in [0.2, 0.25) is 18.4 Å². The van der Waals surface area contributed by atoms with E-state index in [4.69, 9.17) is 42.1 Å². The van der Waals surface area contributed by atoms with Gasteiger partial charge in [0.1, 0.15) is 11.3 Å². The lowest BCUT2D eigenvalue weighted by atomic mass is 9.87. The first-order chi connectivity index (χ1) is 18.2. The minimum Gasteiger partial charge on any atom is -0.506 e. The molecule has 0 aliphatic carbocycles. The number of methoxy groups -OCH3 is 1. The third-order valence-corrected chi connectivity index (χ3v) is 6.63. The maximum Gasteiger partial charge on any atom is 0.343 e. The van der Waals surface area contributed by atoms with Gasteiger partial charge in [0, 0.05) is 25.1 Å². The van der Waals surface area contributed by atoms with Crippen molar-refractivity contribution >= 4 is 35.1 Å². The van der Waals surface area contributed by atoms with Crippen molar-refractivity contribution in [3.05, 3.63) is 79.2 Å². The number of rotatable bonds is 9. The van der Waals surface area contributed by atoms with Gasteiger partial charge in [0.05, 0.1) is 29.3 Å². The summed E-state index contributed by atoms with van der Waals surface area (Å²) in [5.41, 5.74) is 0.00245. The largest absolute Gasteiger partial charge is 0.506 e. The van der Waals surface area contributed by atoms with Crippen molar-refractivity contribution in [1.29, 1.82) is 0 Å². The van der Waals surface area contributed by atoms with Crippen LogP contribution >= 0.6 is 23.2 Å². The predicted octanol–water partition coefficient (Wildman–Crippen LogP) is 4.14. The first-order valence-corrected chi connectivity index (χ1v) is 12.3. The van der Waals surface area contributed by atoms with E-state index in [1.54, 1.807) is 37.3 Å². The fourth-order valence-electron chi connectivity index (χ4n) is 4.07. The zero-order valence-electron chi connectivity index (χ0n) is 20.4. The lowest BCUT2D eigenvalue weighted by Gasteiger charge is -2.20. The van der Waals surface area contributed by atoms with E-state index in [1.165, 1.54) is 7.11 Å². The fourth-order valence-corrected chi connectivity index (χ4v) is 4.39. The van der Waals surface area contributed by atoms with E-state index in [1.807, 2.05) is 0 Å². The molecule has 3 N–H and O–H groups in total. The molecule has 2 heterocycles. The normalized spacial score (nSPS) is 12.6. The molecule has 1 atom stereocenters. The van der Waals surface area contributed by atoms with E-state index < -0.39 is 29.1 Å². The van der Waals surface area contributed by atoms with Crippen molar-refractivity contribution in [1.82, 2.24) is 10.3 Å². The summed E-state index contributed by atoms with van der Waals surface area (Å²) in [6, 6.07) is 8.14. The van der Waals surface area contributed by atoms with Crippen LogP contribution in [-0.4, -0.2) is 42.5 Å². The van der Waals surface area contributed by atoms with Gasteiger partial charge in [-0.3, -0.25) is 9.59 Å². The zero-order chi connectivity index (χ0) is 27.4. The first-order valence-electron chi connectivity index (χ1n) is 11.5. The summed E-state index contributed by atoms with van der Waals surface area (Å²) >= 11 is 12.0. The Hall–Kier alpha value is -3.89. The van der Waals surface area contributed by atoms with E-state index in [0.717, 1.165) is 6.20 Å². The summed E-state index contributed by atoms with van der Waals surface area (Å²) in [5.74, 6) is -1.84. The van der Waals surface area contributed by atoms with Crippen molar-refractivity contribution in [3.63, 3.8) is 0 Å². The molecule has 1 aliphatic rings. The summed E-state index contributed by atoms with van der Waals surface area (Å²) in [6.07, 6.45) is 0.799. The first kappa shape index (κ1) is 27.2. The third kappa shape index (κ3) is 5.66. The van der Waals surface area contributed by atoms with Gasteiger partial charge < -0.3 is 34.4 Å². The lowest BCUT2D eigenvalue weighted by molar-refractivity contribution is -0.121. The van der Waals surface area contributed by atoms with E-state index in [9.17, 15) is 19.5 Å². The zero-order valence-corrected chi connectivity index (χ0v) is 21.9. The van der Waals surface area contributed by atoms with Crippen LogP contribution in [0, 0.1) is 0 Å². The maximum atomic E-state index is 13.1. The molecule has 10 nitrogen and oxygen atoms in total. The molecule has 1 aromatic heterocycles. The number of nitrogens with one attached hydrogen (secondary N) is 2. The number of aromatic hydroxyl groups is 1. The predicted molar refractivity (Wildman–Crippen MR) is 139 cm³/mol. The highest BCUT2D eigenvalue weighted by Gasteiger charge is 2.31. The fraction of sp³-hybridized carbons (Fsp3) is 0.269. The Morgan fingerprint density at radius 3 is 2.68 bits per heavy atom. The van der Waals surface area contributed by atoms with Gasteiger partial charge in [-0.2, -0.15) is 0 Å². The Bertz CT molecular complexity index is 1440. The van der Waals surface area contributed by atoms with Crippen LogP contribution < -0.4 is 25.1 Å². The van der Waals surface area contributed by atoms with Crippen LogP contribution in [0.25, 0.3) is 0 Å². The Morgan fingerprint density at radius 2 is 1.97 bits per heavy atom. The molecule has 12 heteroatoms. The summed E-state index contributed by atoms with van der Waals surface area (Å²) in [4.78, 5) is 41.0. The molecule has 1 amide bonds. The topological polar surface area (TPSA) is 136 Å². The van der Waals surface area contributed by atoms with Gasteiger partial charge in [-0.25, -0.2) is 4.79 Å². The molecule has 1 aliphatic heterocycles. The second kappa shape index (κ2) is 11.7. The number of hydrogen-bond donors (Lipinski definition) is 3. The summed E-state index contributed by atoms with van der Waals surface area (Å²) in [5, 5.41) is 14.5. The van der Waals surface area contributed by atoms with Crippen molar-refractivity contribution in [2.75, 3.05) is 20.5 Å². The molecule has 0 radical (unpaired) electrons. The second-order valence-corrected chi connectivity index (χ2v) is 9.07. The number of benzene rings is 2. The van der Waals surface area contributed by atoms with E-state index >= 15 is 0 Å². The number of H-pyrrole nitrogens is 1. The smallest absolute Gasteiger partial charge is 0.343 e. The number of ether oxygens (including phenoxy) is 4. The van der Waals surface area contributed by atoms with Crippen LogP contribution in [0.15, 0.2) is 41.3 Å². The molecule has 4 rings (SSSR count). The Morgan fingerprint density at radius 1 is 1.18 bits per heavy atom. The average molecular weight is 563 g/mol. The van der Waals surface area contributed by atoms with E-state index in [2.05, 4.69) is 10.3 Å². The number of hydrogen-bond acceptors (Lipinski definition) is 8. The van der Waals surface area contributed by atoms with Crippen LogP contribution in [0.1, 0.15) is 46.3 Å².